The van der Waals surface area contributed by atoms with Crippen molar-refractivity contribution in [3.63, 3.8) is 0 Å². The van der Waals surface area contributed by atoms with E-state index in [-0.39, 0.29) is 17.7 Å². The van der Waals surface area contributed by atoms with Crippen molar-refractivity contribution in [2.45, 2.75) is 11.8 Å². The van der Waals surface area contributed by atoms with Gasteiger partial charge in [-0.25, -0.2) is 8.42 Å². The first kappa shape index (κ1) is 22.3. The van der Waals surface area contributed by atoms with Gasteiger partial charge in [0.25, 0.3) is 5.91 Å². The quantitative estimate of drug-likeness (QED) is 0.687. The van der Waals surface area contributed by atoms with Crippen LogP contribution in [0.4, 0.5) is 0 Å². The molecule has 1 aliphatic rings. The molecule has 1 amide bonds. The van der Waals surface area contributed by atoms with Crippen molar-refractivity contribution in [2.75, 3.05) is 46.2 Å². The predicted octanol–water partition coefficient (Wildman–Crippen LogP) is 2.04. The van der Waals surface area contributed by atoms with E-state index in [9.17, 15) is 13.2 Å². The van der Waals surface area contributed by atoms with E-state index in [1.54, 1.807) is 31.4 Å². The number of rotatable bonds is 8. The van der Waals surface area contributed by atoms with E-state index < -0.39 is 9.84 Å². The van der Waals surface area contributed by atoms with Crippen LogP contribution in [0.5, 0.6) is 5.75 Å². The van der Waals surface area contributed by atoms with Crippen LogP contribution in [-0.4, -0.2) is 65.4 Å². The predicted molar refractivity (Wildman–Crippen MR) is 115 cm³/mol. The van der Waals surface area contributed by atoms with Crippen molar-refractivity contribution >= 4 is 15.7 Å². The average Bonchev–Trinajstić information content (AvgIpc) is 2.74. The first-order valence-corrected chi connectivity index (χ1v) is 11.9. The number of methoxy groups -OCH3 is 1. The fourth-order valence-electron chi connectivity index (χ4n) is 3.52. The molecule has 1 unspecified atom stereocenters. The third-order valence-corrected chi connectivity index (χ3v) is 5.95. The molecule has 1 atom stereocenters. The highest BCUT2D eigenvalue weighted by Crippen LogP contribution is 2.24. The summed E-state index contributed by atoms with van der Waals surface area (Å²) in [5.41, 5.74) is 2.27. The highest BCUT2D eigenvalue weighted by atomic mass is 32.2. The van der Waals surface area contributed by atoms with E-state index >= 15 is 0 Å². The van der Waals surface area contributed by atoms with Crippen molar-refractivity contribution in [3.8, 4) is 5.75 Å². The van der Waals surface area contributed by atoms with E-state index in [1.165, 1.54) is 6.26 Å². The first-order valence-electron chi connectivity index (χ1n) is 9.86. The average molecular weight is 433 g/mol. The molecule has 30 heavy (non-hydrogen) atoms. The molecule has 2 aromatic rings. The molecule has 0 saturated carbocycles. The molecule has 0 spiro atoms. The summed E-state index contributed by atoms with van der Waals surface area (Å²) >= 11 is 0. The maximum absolute atomic E-state index is 12.7. The summed E-state index contributed by atoms with van der Waals surface area (Å²) < 4.78 is 33.6. The minimum absolute atomic E-state index is 0.0215. The van der Waals surface area contributed by atoms with Gasteiger partial charge in [0.1, 0.15) is 5.75 Å². The number of morpholine rings is 1. The van der Waals surface area contributed by atoms with Gasteiger partial charge in [-0.3, -0.25) is 9.69 Å². The Balaban J connectivity index is 1.68. The molecular formula is C22H28N2O5S. The summed E-state index contributed by atoms with van der Waals surface area (Å²) in [6, 6.07) is 14.6. The van der Waals surface area contributed by atoms with Gasteiger partial charge in [0, 0.05) is 31.5 Å². The fourth-order valence-corrected chi connectivity index (χ4v) is 4.32. The normalized spacial score (nSPS) is 16.1. The Morgan fingerprint density at radius 3 is 2.30 bits per heavy atom. The van der Waals surface area contributed by atoms with Crippen LogP contribution in [0.3, 0.4) is 0 Å². The number of ether oxygens (including phenoxy) is 2. The SMILES string of the molecule is COc1ccc(C(CNC(=O)c2ccc(CS(C)(=O)=O)cc2)N2CCOCC2)cc1. The second kappa shape index (κ2) is 10.1. The molecule has 1 heterocycles. The largest absolute Gasteiger partial charge is 0.497 e. The van der Waals surface area contributed by atoms with Crippen molar-refractivity contribution in [1.82, 2.24) is 10.2 Å². The minimum atomic E-state index is -3.11. The summed E-state index contributed by atoms with van der Waals surface area (Å²) in [6.45, 7) is 3.39. The molecule has 0 aromatic heterocycles. The van der Waals surface area contributed by atoms with Gasteiger partial charge in [0.15, 0.2) is 9.84 Å². The van der Waals surface area contributed by atoms with Gasteiger partial charge in [-0.05, 0) is 35.4 Å². The zero-order valence-electron chi connectivity index (χ0n) is 17.3. The highest BCUT2D eigenvalue weighted by Gasteiger charge is 2.23. The Morgan fingerprint density at radius 2 is 1.73 bits per heavy atom. The molecule has 162 valence electrons. The Hall–Kier alpha value is -2.42. The summed E-state index contributed by atoms with van der Waals surface area (Å²) in [5.74, 6) is 0.566. The van der Waals surface area contributed by atoms with E-state index in [2.05, 4.69) is 10.2 Å². The van der Waals surface area contributed by atoms with E-state index in [1.807, 2.05) is 24.3 Å². The lowest BCUT2D eigenvalue weighted by atomic mass is 10.0. The molecule has 7 nitrogen and oxygen atoms in total. The Labute approximate surface area is 177 Å². The zero-order chi connectivity index (χ0) is 21.6. The Bertz CT molecular complexity index is 936. The van der Waals surface area contributed by atoms with E-state index in [0.717, 1.165) is 24.4 Å². The molecule has 1 aliphatic heterocycles. The highest BCUT2D eigenvalue weighted by molar-refractivity contribution is 7.89. The number of carbonyl (C=O) groups excluding carboxylic acids is 1. The van der Waals surface area contributed by atoms with Crippen molar-refractivity contribution in [2.24, 2.45) is 0 Å². The van der Waals surface area contributed by atoms with Crippen LogP contribution >= 0.6 is 0 Å². The summed E-state index contributed by atoms with van der Waals surface area (Å²) in [7, 11) is -1.47. The van der Waals surface area contributed by atoms with Crippen LogP contribution in [-0.2, 0) is 20.3 Å². The van der Waals surface area contributed by atoms with Gasteiger partial charge < -0.3 is 14.8 Å². The summed E-state index contributed by atoms with van der Waals surface area (Å²) in [5, 5.41) is 3.02. The molecule has 3 rings (SSSR count). The number of hydrogen-bond acceptors (Lipinski definition) is 6. The van der Waals surface area contributed by atoms with Crippen LogP contribution in [0.1, 0.15) is 27.5 Å². The molecule has 0 radical (unpaired) electrons. The first-order chi connectivity index (χ1) is 14.4. The number of amides is 1. The van der Waals surface area contributed by atoms with Crippen molar-refractivity contribution in [1.29, 1.82) is 0 Å². The lowest BCUT2D eigenvalue weighted by molar-refractivity contribution is 0.0162. The van der Waals surface area contributed by atoms with Gasteiger partial charge in [-0.2, -0.15) is 0 Å². The van der Waals surface area contributed by atoms with Gasteiger partial charge in [-0.1, -0.05) is 24.3 Å². The van der Waals surface area contributed by atoms with Crippen LogP contribution in [0.2, 0.25) is 0 Å². The number of nitrogens with one attached hydrogen (secondary N) is 1. The van der Waals surface area contributed by atoms with Gasteiger partial charge >= 0.3 is 0 Å². The summed E-state index contributed by atoms with van der Waals surface area (Å²) in [6.07, 6.45) is 1.19. The van der Waals surface area contributed by atoms with E-state index in [0.29, 0.717) is 30.9 Å². The third-order valence-electron chi connectivity index (χ3n) is 5.09. The second-order valence-electron chi connectivity index (χ2n) is 7.41. The molecule has 2 aromatic carbocycles. The molecule has 1 fully saturated rings. The molecule has 0 bridgehead atoms. The maximum atomic E-state index is 12.7. The van der Waals surface area contributed by atoms with Gasteiger partial charge in [-0.15, -0.1) is 0 Å². The third kappa shape index (κ3) is 6.29. The van der Waals surface area contributed by atoms with Crippen LogP contribution in [0.25, 0.3) is 0 Å². The van der Waals surface area contributed by atoms with Crippen molar-refractivity contribution < 1.29 is 22.7 Å². The lowest BCUT2D eigenvalue weighted by Crippen LogP contribution is -2.43. The van der Waals surface area contributed by atoms with Crippen LogP contribution in [0, 0.1) is 0 Å². The summed E-state index contributed by atoms with van der Waals surface area (Å²) in [4.78, 5) is 15.0. The Kier molecular flexibility index (Phi) is 7.47. The molecule has 1 saturated heterocycles. The monoisotopic (exact) mass is 432 g/mol. The number of carbonyl (C=O) groups is 1. The van der Waals surface area contributed by atoms with Gasteiger partial charge in [0.05, 0.1) is 32.1 Å². The maximum Gasteiger partial charge on any atom is 0.251 e. The lowest BCUT2D eigenvalue weighted by Gasteiger charge is -2.35. The Morgan fingerprint density at radius 1 is 1.10 bits per heavy atom. The number of hydrogen-bond donors (Lipinski definition) is 1. The second-order valence-corrected chi connectivity index (χ2v) is 9.55. The molecule has 8 heteroatoms. The number of nitrogens with zero attached hydrogens (tertiary/aromatic N) is 1. The topological polar surface area (TPSA) is 84.9 Å². The van der Waals surface area contributed by atoms with Crippen LogP contribution in [0.15, 0.2) is 48.5 Å². The van der Waals surface area contributed by atoms with Crippen LogP contribution < -0.4 is 10.1 Å². The fraction of sp³-hybridized carbons (Fsp3) is 0.409. The van der Waals surface area contributed by atoms with Gasteiger partial charge in [0.2, 0.25) is 0 Å². The standard InChI is InChI=1S/C22H28N2O5S/c1-28-20-9-7-18(8-10-20)21(24-11-13-29-14-12-24)15-23-22(25)19-5-3-17(4-6-19)16-30(2,26)27/h3-10,21H,11-16H2,1-2H3,(H,23,25). The molecular weight excluding hydrogens is 404 g/mol. The minimum Gasteiger partial charge on any atom is -0.497 e. The number of sulfone groups is 1. The smallest absolute Gasteiger partial charge is 0.251 e. The number of benzene rings is 2. The van der Waals surface area contributed by atoms with Crippen molar-refractivity contribution in [3.05, 3.63) is 65.2 Å². The zero-order valence-corrected chi connectivity index (χ0v) is 18.2. The molecule has 1 N–H and O–H groups in total. The van der Waals surface area contributed by atoms with E-state index in [4.69, 9.17) is 9.47 Å². The molecule has 0 aliphatic carbocycles.